The predicted octanol–water partition coefficient (Wildman–Crippen LogP) is 1.54. The molecule has 1 aliphatic heterocycles. The van der Waals surface area contributed by atoms with E-state index in [-0.39, 0.29) is 0 Å². The molecule has 1 aliphatic rings. The summed E-state index contributed by atoms with van der Waals surface area (Å²) in [5, 5.41) is 6.58. The number of hydrogen-bond donors (Lipinski definition) is 2. The second kappa shape index (κ2) is 7.75. The van der Waals surface area contributed by atoms with Gasteiger partial charge >= 0.3 is 0 Å². The zero-order valence-corrected chi connectivity index (χ0v) is 12.2. The average molecular weight is 277 g/mol. The Morgan fingerprint density at radius 1 is 1.40 bits per heavy atom. The van der Waals surface area contributed by atoms with Crippen molar-refractivity contribution in [2.24, 2.45) is 4.99 Å². The Kier molecular flexibility index (Phi) is 5.68. The second-order valence-corrected chi connectivity index (χ2v) is 4.75. The van der Waals surface area contributed by atoms with Gasteiger partial charge in [0.15, 0.2) is 5.96 Å². The van der Waals surface area contributed by atoms with Gasteiger partial charge < -0.3 is 20.1 Å². The molecule has 5 heteroatoms. The molecule has 1 unspecified atom stereocenters. The first-order chi connectivity index (χ1) is 9.83. The van der Waals surface area contributed by atoms with Crippen LogP contribution < -0.4 is 15.4 Å². The van der Waals surface area contributed by atoms with Crippen LogP contribution in [0.3, 0.4) is 0 Å². The number of nitrogens with one attached hydrogen (secondary N) is 2. The fourth-order valence-electron chi connectivity index (χ4n) is 2.26. The van der Waals surface area contributed by atoms with Gasteiger partial charge in [0.05, 0.1) is 13.2 Å². The summed E-state index contributed by atoms with van der Waals surface area (Å²) in [7, 11) is 3.45. The highest BCUT2D eigenvalue weighted by molar-refractivity contribution is 5.79. The number of guanidine groups is 1. The Bertz CT molecular complexity index is 442. The van der Waals surface area contributed by atoms with Crippen LogP contribution in [-0.2, 0) is 11.3 Å². The Labute approximate surface area is 120 Å². The van der Waals surface area contributed by atoms with Gasteiger partial charge in [-0.25, -0.2) is 0 Å². The van der Waals surface area contributed by atoms with Crippen molar-refractivity contribution >= 4 is 5.96 Å². The van der Waals surface area contributed by atoms with Crippen molar-refractivity contribution in [1.29, 1.82) is 0 Å². The van der Waals surface area contributed by atoms with Gasteiger partial charge in [-0.2, -0.15) is 0 Å². The van der Waals surface area contributed by atoms with Crippen LogP contribution in [0, 0.1) is 0 Å². The molecule has 1 fully saturated rings. The molecule has 1 heterocycles. The molecule has 1 aromatic rings. The molecule has 0 spiro atoms. The van der Waals surface area contributed by atoms with E-state index in [1.807, 2.05) is 24.3 Å². The third-order valence-electron chi connectivity index (χ3n) is 3.38. The van der Waals surface area contributed by atoms with Gasteiger partial charge in [0, 0.05) is 32.3 Å². The third kappa shape index (κ3) is 4.13. The normalized spacial score (nSPS) is 18.9. The van der Waals surface area contributed by atoms with E-state index >= 15 is 0 Å². The van der Waals surface area contributed by atoms with Crippen molar-refractivity contribution in [3.8, 4) is 5.75 Å². The SMILES string of the molecule is CN=C(NCc1ccccc1OC)NCC1CCCO1. The Morgan fingerprint density at radius 3 is 2.95 bits per heavy atom. The molecule has 0 radical (unpaired) electrons. The van der Waals surface area contributed by atoms with Crippen LogP contribution in [0.1, 0.15) is 18.4 Å². The van der Waals surface area contributed by atoms with Crippen molar-refractivity contribution in [2.45, 2.75) is 25.5 Å². The highest BCUT2D eigenvalue weighted by atomic mass is 16.5. The topological polar surface area (TPSA) is 54.9 Å². The number of ether oxygens (including phenoxy) is 2. The van der Waals surface area contributed by atoms with Gasteiger partial charge in [-0.05, 0) is 18.9 Å². The fourth-order valence-corrected chi connectivity index (χ4v) is 2.26. The fraction of sp³-hybridized carbons (Fsp3) is 0.533. The number of rotatable bonds is 5. The lowest BCUT2D eigenvalue weighted by Gasteiger charge is -2.16. The lowest BCUT2D eigenvalue weighted by Crippen LogP contribution is -2.40. The zero-order valence-electron chi connectivity index (χ0n) is 12.2. The molecule has 5 nitrogen and oxygen atoms in total. The Hall–Kier alpha value is -1.75. The third-order valence-corrected chi connectivity index (χ3v) is 3.38. The molecule has 2 rings (SSSR count). The standard InChI is InChI=1S/C15H23N3O2/c1-16-15(18-11-13-7-5-9-20-13)17-10-12-6-3-4-8-14(12)19-2/h3-4,6,8,13H,5,7,9-11H2,1-2H3,(H2,16,17,18). The molecular weight excluding hydrogens is 254 g/mol. The molecular formula is C15H23N3O2. The predicted molar refractivity (Wildman–Crippen MR) is 80.2 cm³/mol. The summed E-state index contributed by atoms with van der Waals surface area (Å²) in [5.41, 5.74) is 1.11. The van der Waals surface area contributed by atoms with E-state index in [1.165, 1.54) is 0 Å². The van der Waals surface area contributed by atoms with E-state index in [0.717, 1.165) is 43.3 Å². The largest absolute Gasteiger partial charge is 0.496 e. The summed E-state index contributed by atoms with van der Waals surface area (Å²) >= 11 is 0. The minimum absolute atomic E-state index is 0.305. The van der Waals surface area contributed by atoms with E-state index in [1.54, 1.807) is 14.2 Å². The van der Waals surface area contributed by atoms with Crippen LogP contribution in [-0.4, -0.2) is 39.4 Å². The van der Waals surface area contributed by atoms with E-state index in [0.29, 0.717) is 12.6 Å². The minimum atomic E-state index is 0.305. The van der Waals surface area contributed by atoms with Crippen molar-refractivity contribution < 1.29 is 9.47 Å². The lowest BCUT2D eigenvalue weighted by atomic mass is 10.2. The number of hydrogen-bond acceptors (Lipinski definition) is 3. The van der Waals surface area contributed by atoms with Gasteiger partial charge in [0.25, 0.3) is 0 Å². The summed E-state index contributed by atoms with van der Waals surface area (Å²) in [6, 6.07) is 7.97. The molecule has 1 atom stereocenters. The Morgan fingerprint density at radius 2 is 2.25 bits per heavy atom. The highest BCUT2D eigenvalue weighted by Crippen LogP contribution is 2.16. The van der Waals surface area contributed by atoms with E-state index < -0.39 is 0 Å². The first-order valence-corrected chi connectivity index (χ1v) is 7.01. The average Bonchev–Trinajstić information content (AvgIpc) is 3.01. The maximum Gasteiger partial charge on any atom is 0.191 e. The van der Waals surface area contributed by atoms with Gasteiger partial charge in [-0.15, -0.1) is 0 Å². The van der Waals surface area contributed by atoms with Gasteiger partial charge in [0.1, 0.15) is 5.75 Å². The van der Waals surface area contributed by atoms with Crippen LogP contribution in [0.5, 0.6) is 5.75 Å². The summed E-state index contributed by atoms with van der Waals surface area (Å²) in [6.45, 7) is 2.35. The van der Waals surface area contributed by atoms with Crippen LogP contribution in [0.15, 0.2) is 29.3 Å². The summed E-state index contributed by atoms with van der Waals surface area (Å²) < 4.78 is 10.9. The molecule has 0 aliphatic carbocycles. The second-order valence-electron chi connectivity index (χ2n) is 4.75. The molecule has 1 saturated heterocycles. The monoisotopic (exact) mass is 277 g/mol. The highest BCUT2D eigenvalue weighted by Gasteiger charge is 2.15. The summed E-state index contributed by atoms with van der Waals surface area (Å²) in [4.78, 5) is 4.22. The van der Waals surface area contributed by atoms with E-state index in [4.69, 9.17) is 9.47 Å². The first-order valence-electron chi connectivity index (χ1n) is 7.01. The van der Waals surface area contributed by atoms with Crippen LogP contribution in [0.2, 0.25) is 0 Å². The van der Waals surface area contributed by atoms with Crippen molar-refractivity contribution in [2.75, 3.05) is 27.3 Å². The number of para-hydroxylation sites is 1. The molecule has 0 amide bonds. The first kappa shape index (κ1) is 14.7. The van der Waals surface area contributed by atoms with Crippen LogP contribution in [0.25, 0.3) is 0 Å². The molecule has 1 aromatic carbocycles. The number of aliphatic imine (C=N–C) groups is 1. The van der Waals surface area contributed by atoms with Crippen molar-refractivity contribution in [3.05, 3.63) is 29.8 Å². The van der Waals surface area contributed by atoms with Gasteiger partial charge in [0.2, 0.25) is 0 Å². The van der Waals surface area contributed by atoms with Crippen molar-refractivity contribution in [1.82, 2.24) is 10.6 Å². The Balaban J connectivity index is 1.81. The zero-order chi connectivity index (χ0) is 14.2. The quantitative estimate of drug-likeness (QED) is 0.633. The number of benzene rings is 1. The smallest absolute Gasteiger partial charge is 0.191 e. The van der Waals surface area contributed by atoms with E-state index in [9.17, 15) is 0 Å². The van der Waals surface area contributed by atoms with E-state index in [2.05, 4.69) is 15.6 Å². The number of nitrogens with zero attached hydrogens (tertiary/aromatic N) is 1. The minimum Gasteiger partial charge on any atom is -0.496 e. The van der Waals surface area contributed by atoms with Crippen LogP contribution in [0.4, 0.5) is 0 Å². The molecule has 20 heavy (non-hydrogen) atoms. The molecule has 2 N–H and O–H groups in total. The lowest BCUT2D eigenvalue weighted by molar-refractivity contribution is 0.114. The molecule has 110 valence electrons. The van der Waals surface area contributed by atoms with Crippen molar-refractivity contribution in [3.63, 3.8) is 0 Å². The van der Waals surface area contributed by atoms with Gasteiger partial charge in [-0.3, -0.25) is 4.99 Å². The summed E-state index contributed by atoms with van der Waals surface area (Å²) in [6.07, 6.45) is 2.58. The maximum atomic E-state index is 5.58. The van der Waals surface area contributed by atoms with Crippen LogP contribution >= 0.6 is 0 Å². The number of methoxy groups -OCH3 is 1. The molecule has 0 saturated carbocycles. The summed E-state index contributed by atoms with van der Waals surface area (Å²) in [5.74, 6) is 1.67. The molecule has 0 aromatic heterocycles. The molecule has 0 bridgehead atoms. The van der Waals surface area contributed by atoms with Gasteiger partial charge in [-0.1, -0.05) is 18.2 Å². The maximum absolute atomic E-state index is 5.58.